The summed E-state index contributed by atoms with van der Waals surface area (Å²) >= 11 is 0. The van der Waals surface area contributed by atoms with Crippen LogP contribution in [0.3, 0.4) is 0 Å². The molecule has 11 heteroatoms. The van der Waals surface area contributed by atoms with Crippen LogP contribution in [0.4, 0.5) is 10.1 Å². The number of aromatic amines is 1. The van der Waals surface area contributed by atoms with Crippen molar-refractivity contribution in [1.29, 1.82) is 0 Å². The normalized spacial score (nSPS) is 12.6. The first-order valence-corrected chi connectivity index (χ1v) is 12.1. The van der Waals surface area contributed by atoms with Crippen molar-refractivity contribution >= 4 is 32.5 Å². The van der Waals surface area contributed by atoms with Gasteiger partial charge in [0.05, 0.1) is 22.8 Å². The number of likely N-dealkylation sites (N-methyl/N-ethyl adjacent to an activating group) is 1. The standard InChI is InChI=1S/C24H23FN4O5S/c1-29(2)21(22-4-3-11-34-22)14-26-24(31)19-13-23(30)27-20-10-9-17(12-18(19)20)35(32,33)28-16-7-5-15(25)6-8-16/h3-13,21,28H,14H2,1-2H3,(H,26,31)(H,27,30). The molecule has 0 saturated heterocycles. The molecule has 182 valence electrons. The lowest BCUT2D eigenvalue weighted by atomic mass is 10.1. The van der Waals surface area contributed by atoms with Gasteiger partial charge in [0.15, 0.2) is 0 Å². The molecule has 0 aliphatic rings. The first kappa shape index (κ1) is 24.2. The van der Waals surface area contributed by atoms with Crippen molar-refractivity contribution in [2.75, 3.05) is 25.4 Å². The third-order valence-electron chi connectivity index (χ3n) is 5.42. The number of furan rings is 1. The summed E-state index contributed by atoms with van der Waals surface area (Å²) < 4.78 is 46.8. The van der Waals surface area contributed by atoms with Crippen LogP contribution in [0.5, 0.6) is 0 Å². The second kappa shape index (κ2) is 9.72. The van der Waals surface area contributed by atoms with E-state index in [0.29, 0.717) is 11.3 Å². The van der Waals surface area contributed by atoms with Gasteiger partial charge in [-0.2, -0.15) is 0 Å². The van der Waals surface area contributed by atoms with Crippen molar-refractivity contribution < 1.29 is 22.0 Å². The highest BCUT2D eigenvalue weighted by atomic mass is 32.2. The lowest BCUT2D eigenvalue weighted by Crippen LogP contribution is -2.34. The SMILES string of the molecule is CN(C)C(CNC(=O)c1cc(=O)[nH]c2ccc(S(=O)(=O)Nc3ccc(F)cc3)cc12)c1ccco1. The minimum Gasteiger partial charge on any atom is -0.468 e. The second-order valence-electron chi connectivity index (χ2n) is 8.07. The number of carbonyl (C=O) groups excluding carboxylic acids is 1. The van der Waals surface area contributed by atoms with E-state index in [1.165, 1.54) is 30.3 Å². The Hall–Kier alpha value is -3.96. The number of benzene rings is 2. The number of hydrogen-bond acceptors (Lipinski definition) is 6. The summed E-state index contributed by atoms with van der Waals surface area (Å²) in [6.45, 7) is 0.192. The van der Waals surface area contributed by atoms with Crippen molar-refractivity contribution in [3.8, 4) is 0 Å². The van der Waals surface area contributed by atoms with Crippen molar-refractivity contribution in [2.45, 2.75) is 10.9 Å². The maximum atomic E-state index is 13.2. The predicted molar refractivity (Wildman–Crippen MR) is 129 cm³/mol. The molecule has 0 fully saturated rings. The number of rotatable bonds is 8. The molecule has 1 atom stereocenters. The van der Waals surface area contributed by atoms with Crippen LogP contribution < -0.4 is 15.6 Å². The molecule has 1 unspecified atom stereocenters. The fourth-order valence-corrected chi connectivity index (χ4v) is 4.71. The number of carbonyl (C=O) groups is 1. The molecule has 2 aromatic carbocycles. The van der Waals surface area contributed by atoms with E-state index < -0.39 is 27.3 Å². The first-order chi connectivity index (χ1) is 16.6. The smallest absolute Gasteiger partial charge is 0.261 e. The van der Waals surface area contributed by atoms with Crippen LogP contribution >= 0.6 is 0 Å². The molecular weight excluding hydrogens is 475 g/mol. The predicted octanol–water partition coefficient (Wildman–Crippen LogP) is 3.09. The van der Waals surface area contributed by atoms with Gasteiger partial charge in [-0.3, -0.25) is 19.2 Å². The van der Waals surface area contributed by atoms with Crippen LogP contribution in [0.2, 0.25) is 0 Å². The number of fused-ring (bicyclic) bond motifs is 1. The third-order valence-corrected chi connectivity index (χ3v) is 6.80. The zero-order valence-electron chi connectivity index (χ0n) is 18.9. The molecule has 9 nitrogen and oxygen atoms in total. The summed E-state index contributed by atoms with van der Waals surface area (Å²) in [5.41, 5.74) is 0.00887. The average Bonchev–Trinajstić information content (AvgIpc) is 3.34. The van der Waals surface area contributed by atoms with E-state index in [0.717, 1.165) is 18.2 Å². The van der Waals surface area contributed by atoms with E-state index in [-0.39, 0.29) is 34.1 Å². The Bertz CT molecular complexity index is 1510. The van der Waals surface area contributed by atoms with E-state index in [4.69, 9.17) is 4.42 Å². The molecule has 0 spiro atoms. The van der Waals surface area contributed by atoms with Gasteiger partial charge in [-0.1, -0.05) is 0 Å². The molecular formula is C24H23FN4O5S. The van der Waals surface area contributed by atoms with Gasteiger partial charge in [0.25, 0.3) is 15.9 Å². The van der Waals surface area contributed by atoms with Gasteiger partial charge < -0.3 is 14.7 Å². The Labute approximate surface area is 200 Å². The number of nitrogens with one attached hydrogen (secondary N) is 3. The van der Waals surface area contributed by atoms with Crippen molar-refractivity contribution in [3.63, 3.8) is 0 Å². The highest BCUT2D eigenvalue weighted by Gasteiger charge is 2.21. The van der Waals surface area contributed by atoms with E-state index in [1.807, 2.05) is 19.0 Å². The Morgan fingerprint density at radius 2 is 1.86 bits per heavy atom. The molecule has 1 amide bonds. The van der Waals surface area contributed by atoms with Gasteiger partial charge in [0, 0.05) is 29.2 Å². The van der Waals surface area contributed by atoms with E-state index in [1.54, 1.807) is 18.4 Å². The quantitative estimate of drug-likeness (QED) is 0.343. The van der Waals surface area contributed by atoms with Gasteiger partial charge >= 0.3 is 0 Å². The number of aromatic nitrogens is 1. The lowest BCUT2D eigenvalue weighted by molar-refractivity contribution is 0.0940. The Balaban J connectivity index is 1.65. The first-order valence-electron chi connectivity index (χ1n) is 10.6. The average molecular weight is 499 g/mol. The van der Waals surface area contributed by atoms with Gasteiger partial charge in [-0.05, 0) is 68.7 Å². The molecule has 0 saturated carbocycles. The van der Waals surface area contributed by atoms with E-state index in [2.05, 4.69) is 15.0 Å². The van der Waals surface area contributed by atoms with Gasteiger partial charge in [0.1, 0.15) is 11.6 Å². The zero-order valence-corrected chi connectivity index (χ0v) is 19.7. The lowest BCUT2D eigenvalue weighted by Gasteiger charge is -2.22. The molecule has 3 N–H and O–H groups in total. The number of H-pyrrole nitrogens is 1. The molecule has 0 bridgehead atoms. The topological polar surface area (TPSA) is 125 Å². The summed E-state index contributed by atoms with van der Waals surface area (Å²) in [5, 5.41) is 3.05. The highest BCUT2D eigenvalue weighted by molar-refractivity contribution is 7.92. The van der Waals surface area contributed by atoms with Gasteiger partial charge in [-0.15, -0.1) is 0 Å². The van der Waals surface area contributed by atoms with Crippen molar-refractivity contribution in [3.05, 3.63) is 94.4 Å². The van der Waals surface area contributed by atoms with Gasteiger partial charge in [-0.25, -0.2) is 12.8 Å². The van der Waals surface area contributed by atoms with Crippen molar-refractivity contribution in [1.82, 2.24) is 15.2 Å². The Kier molecular flexibility index (Phi) is 6.72. The second-order valence-corrected chi connectivity index (χ2v) is 9.75. The third kappa shape index (κ3) is 5.42. The maximum Gasteiger partial charge on any atom is 0.261 e. The number of amides is 1. The van der Waals surface area contributed by atoms with Gasteiger partial charge in [0.2, 0.25) is 5.56 Å². The molecule has 0 aliphatic carbocycles. The summed E-state index contributed by atoms with van der Waals surface area (Å²) in [7, 11) is -0.371. The molecule has 2 aromatic heterocycles. The fraction of sp³-hybridized carbons (Fsp3) is 0.167. The molecule has 35 heavy (non-hydrogen) atoms. The minimum absolute atomic E-state index is 0.0273. The van der Waals surface area contributed by atoms with Crippen LogP contribution in [0.15, 0.2) is 81.0 Å². The number of pyridine rings is 1. The number of halogens is 1. The number of hydrogen-bond donors (Lipinski definition) is 3. The molecule has 2 heterocycles. The zero-order chi connectivity index (χ0) is 25.2. The van der Waals surface area contributed by atoms with Crippen LogP contribution in [-0.2, 0) is 10.0 Å². The number of nitrogens with zero attached hydrogens (tertiary/aromatic N) is 1. The van der Waals surface area contributed by atoms with Crippen LogP contribution in [0.25, 0.3) is 10.9 Å². The molecule has 0 radical (unpaired) electrons. The van der Waals surface area contributed by atoms with E-state index >= 15 is 0 Å². The Morgan fingerprint density at radius 1 is 1.11 bits per heavy atom. The largest absolute Gasteiger partial charge is 0.468 e. The molecule has 4 aromatic rings. The van der Waals surface area contributed by atoms with Crippen molar-refractivity contribution in [2.24, 2.45) is 0 Å². The van der Waals surface area contributed by atoms with Crippen LogP contribution in [-0.4, -0.2) is 44.8 Å². The number of sulfonamides is 1. The summed E-state index contributed by atoms with van der Waals surface area (Å²) in [6.07, 6.45) is 1.54. The van der Waals surface area contributed by atoms with Crippen LogP contribution in [0.1, 0.15) is 22.2 Å². The Morgan fingerprint density at radius 3 is 2.51 bits per heavy atom. The summed E-state index contributed by atoms with van der Waals surface area (Å²) in [5.74, 6) is -0.381. The maximum absolute atomic E-state index is 13.2. The fourth-order valence-electron chi connectivity index (χ4n) is 3.62. The summed E-state index contributed by atoms with van der Waals surface area (Å²) in [4.78, 5) is 29.6. The summed E-state index contributed by atoms with van der Waals surface area (Å²) in [6, 6.07) is 13.3. The van der Waals surface area contributed by atoms with E-state index in [9.17, 15) is 22.4 Å². The molecule has 0 aliphatic heterocycles. The number of anilines is 1. The molecule has 4 rings (SSSR count). The van der Waals surface area contributed by atoms with Crippen LogP contribution in [0, 0.1) is 5.82 Å². The monoisotopic (exact) mass is 498 g/mol. The minimum atomic E-state index is -4.05. The highest BCUT2D eigenvalue weighted by Crippen LogP contribution is 2.23.